The smallest absolute Gasteiger partial charge is 0.161 e. The Kier molecular flexibility index (Phi) is 5.74. The molecule has 3 aromatic rings. The molecular weight excluding hydrogens is 346 g/mol. The summed E-state index contributed by atoms with van der Waals surface area (Å²) in [5, 5.41) is 3.59. The minimum Gasteiger partial charge on any atom is -0.493 e. The third kappa shape index (κ3) is 4.26. The Labute approximate surface area is 166 Å². The lowest BCUT2D eigenvalue weighted by Gasteiger charge is -2.26. The summed E-state index contributed by atoms with van der Waals surface area (Å²) in [4.78, 5) is 0. The first-order valence-corrected chi connectivity index (χ1v) is 9.67. The van der Waals surface area contributed by atoms with Gasteiger partial charge in [-0.25, -0.2) is 0 Å². The molecule has 1 atom stereocenters. The van der Waals surface area contributed by atoms with E-state index in [1.54, 1.807) is 7.11 Å². The second-order valence-corrected chi connectivity index (χ2v) is 6.93. The van der Waals surface area contributed by atoms with Crippen molar-refractivity contribution in [2.75, 3.05) is 13.7 Å². The van der Waals surface area contributed by atoms with Gasteiger partial charge in [0.25, 0.3) is 0 Å². The van der Waals surface area contributed by atoms with Crippen LogP contribution in [0.1, 0.15) is 28.3 Å². The number of rotatable bonds is 6. The molecule has 1 aliphatic heterocycles. The molecule has 0 bridgehead atoms. The second kappa shape index (κ2) is 8.77. The maximum atomic E-state index is 6.08. The second-order valence-electron chi connectivity index (χ2n) is 6.93. The van der Waals surface area contributed by atoms with Crippen molar-refractivity contribution in [3.05, 3.63) is 101 Å². The van der Waals surface area contributed by atoms with Gasteiger partial charge in [-0.15, -0.1) is 0 Å². The maximum Gasteiger partial charge on any atom is 0.161 e. The molecule has 4 rings (SSSR count). The van der Waals surface area contributed by atoms with Crippen molar-refractivity contribution in [3.8, 4) is 11.5 Å². The van der Waals surface area contributed by atoms with Crippen molar-refractivity contribution in [2.24, 2.45) is 0 Å². The normalized spacial score (nSPS) is 16.0. The Morgan fingerprint density at radius 1 is 0.964 bits per heavy atom. The highest BCUT2D eigenvalue weighted by molar-refractivity contribution is 5.54. The van der Waals surface area contributed by atoms with E-state index in [1.165, 1.54) is 16.7 Å². The van der Waals surface area contributed by atoms with Crippen LogP contribution < -0.4 is 14.8 Å². The molecule has 1 heterocycles. The van der Waals surface area contributed by atoms with Crippen molar-refractivity contribution in [2.45, 2.75) is 19.1 Å². The molecule has 0 fully saturated rings. The number of benzene rings is 3. The molecule has 0 saturated heterocycles. The molecular formula is C25H25NO2. The van der Waals surface area contributed by atoms with E-state index in [0.717, 1.165) is 30.0 Å². The minimum absolute atomic E-state index is 0.168. The van der Waals surface area contributed by atoms with E-state index in [1.807, 2.05) is 24.3 Å². The van der Waals surface area contributed by atoms with Crippen LogP contribution >= 0.6 is 0 Å². The van der Waals surface area contributed by atoms with Crippen LogP contribution in [0, 0.1) is 0 Å². The van der Waals surface area contributed by atoms with Gasteiger partial charge in [-0.1, -0.05) is 72.8 Å². The first-order chi connectivity index (χ1) is 13.8. The van der Waals surface area contributed by atoms with E-state index in [9.17, 15) is 0 Å². The highest BCUT2D eigenvalue weighted by Gasteiger charge is 2.21. The number of nitrogens with one attached hydrogen (secondary N) is 1. The SMILES string of the molecule is COc1cc2c(cc1OCc1ccccc1)CCNC2C=Cc1ccccc1. The Bertz CT molecular complexity index is 936. The zero-order valence-electron chi connectivity index (χ0n) is 16.1. The summed E-state index contributed by atoms with van der Waals surface area (Å²) in [5.41, 5.74) is 4.91. The first kappa shape index (κ1) is 18.3. The highest BCUT2D eigenvalue weighted by Crippen LogP contribution is 2.36. The third-order valence-electron chi connectivity index (χ3n) is 5.04. The van der Waals surface area contributed by atoms with Crippen LogP contribution in [0.3, 0.4) is 0 Å². The Hall–Kier alpha value is -3.04. The predicted molar refractivity (Wildman–Crippen MR) is 114 cm³/mol. The van der Waals surface area contributed by atoms with Gasteiger partial charge in [-0.2, -0.15) is 0 Å². The summed E-state index contributed by atoms with van der Waals surface area (Å²) in [5.74, 6) is 1.58. The molecule has 0 saturated carbocycles. The molecule has 3 heteroatoms. The van der Waals surface area contributed by atoms with E-state index >= 15 is 0 Å². The topological polar surface area (TPSA) is 30.5 Å². The van der Waals surface area contributed by atoms with Crippen LogP contribution in [0.2, 0.25) is 0 Å². The third-order valence-corrected chi connectivity index (χ3v) is 5.04. The zero-order valence-corrected chi connectivity index (χ0v) is 16.1. The molecule has 0 spiro atoms. The summed E-state index contributed by atoms with van der Waals surface area (Å²) >= 11 is 0. The number of ether oxygens (including phenoxy) is 2. The van der Waals surface area contributed by atoms with Crippen molar-refractivity contribution in [1.82, 2.24) is 5.32 Å². The summed E-state index contributed by atoms with van der Waals surface area (Å²) in [6, 6.07) is 25.0. The molecule has 28 heavy (non-hydrogen) atoms. The Balaban J connectivity index is 1.57. The standard InChI is InChI=1S/C25H25NO2/c1-27-24-17-22-21(16-25(24)28-18-20-10-6-3-7-11-20)14-15-26-23(22)13-12-19-8-4-2-5-9-19/h2-13,16-17,23,26H,14-15,18H2,1H3. The van der Waals surface area contributed by atoms with Gasteiger partial charge in [0.1, 0.15) is 6.61 Å². The minimum atomic E-state index is 0.168. The van der Waals surface area contributed by atoms with Gasteiger partial charge in [0.15, 0.2) is 11.5 Å². The number of hydrogen-bond donors (Lipinski definition) is 1. The average Bonchev–Trinajstić information content (AvgIpc) is 2.77. The van der Waals surface area contributed by atoms with Gasteiger partial charge >= 0.3 is 0 Å². The molecule has 3 aromatic carbocycles. The summed E-state index contributed by atoms with van der Waals surface area (Å²) < 4.78 is 11.7. The lowest BCUT2D eigenvalue weighted by Crippen LogP contribution is -2.28. The van der Waals surface area contributed by atoms with Crippen molar-refractivity contribution in [3.63, 3.8) is 0 Å². The molecule has 1 aliphatic rings. The zero-order chi connectivity index (χ0) is 19.2. The monoisotopic (exact) mass is 371 g/mol. The number of methoxy groups -OCH3 is 1. The average molecular weight is 371 g/mol. The van der Waals surface area contributed by atoms with Crippen LogP contribution in [-0.2, 0) is 13.0 Å². The molecule has 0 aromatic heterocycles. The van der Waals surface area contributed by atoms with E-state index in [0.29, 0.717) is 6.61 Å². The Morgan fingerprint density at radius 2 is 1.71 bits per heavy atom. The number of fused-ring (bicyclic) bond motifs is 1. The van der Waals surface area contributed by atoms with Crippen molar-refractivity contribution in [1.29, 1.82) is 0 Å². The fourth-order valence-electron chi connectivity index (χ4n) is 3.55. The molecule has 3 nitrogen and oxygen atoms in total. The summed E-state index contributed by atoms with van der Waals surface area (Å²) in [7, 11) is 1.70. The van der Waals surface area contributed by atoms with Gasteiger partial charge in [0.2, 0.25) is 0 Å². The number of hydrogen-bond acceptors (Lipinski definition) is 3. The molecule has 0 radical (unpaired) electrons. The maximum absolute atomic E-state index is 6.08. The van der Waals surface area contributed by atoms with E-state index in [-0.39, 0.29) is 6.04 Å². The predicted octanol–water partition coefficient (Wildman–Crippen LogP) is 5.17. The molecule has 1 N–H and O–H groups in total. The van der Waals surface area contributed by atoms with Crippen LogP contribution in [0.5, 0.6) is 11.5 Å². The van der Waals surface area contributed by atoms with Gasteiger partial charge in [0, 0.05) is 6.54 Å². The van der Waals surface area contributed by atoms with E-state index < -0.39 is 0 Å². The quantitative estimate of drug-likeness (QED) is 0.648. The lowest BCUT2D eigenvalue weighted by atomic mass is 9.93. The van der Waals surface area contributed by atoms with Crippen LogP contribution in [0.15, 0.2) is 78.9 Å². The molecule has 142 valence electrons. The fraction of sp³-hybridized carbons (Fsp3) is 0.200. The molecule has 0 aliphatic carbocycles. The highest BCUT2D eigenvalue weighted by atomic mass is 16.5. The van der Waals surface area contributed by atoms with Crippen molar-refractivity contribution >= 4 is 6.08 Å². The van der Waals surface area contributed by atoms with Gasteiger partial charge in [-0.05, 0) is 40.8 Å². The van der Waals surface area contributed by atoms with E-state index in [4.69, 9.17) is 9.47 Å². The largest absolute Gasteiger partial charge is 0.493 e. The van der Waals surface area contributed by atoms with Gasteiger partial charge in [-0.3, -0.25) is 0 Å². The molecule has 1 unspecified atom stereocenters. The van der Waals surface area contributed by atoms with Crippen LogP contribution in [0.4, 0.5) is 0 Å². The Morgan fingerprint density at radius 3 is 2.46 bits per heavy atom. The lowest BCUT2D eigenvalue weighted by molar-refractivity contribution is 0.283. The van der Waals surface area contributed by atoms with Gasteiger partial charge < -0.3 is 14.8 Å². The fourth-order valence-corrected chi connectivity index (χ4v) is 3.55. The van der Waals surface area contributed by atoms with Crippen LogP contribution in [0.25, 0.3) is 6.08 Å². The summed E-state index contributed by atoms with van der Waals surface area (Å²) in [6.45, 7) is 1.48. The van der Waals surface area contributed by atoms with Crippen LogP contribution in [-0.4, -0.2) is 13.7 Å². The van der Waals surface area contributed by atoms with E-state index in [2.05, 4.69) is 66.0 Å². The van der Waals surface area contributed by atoms with Crippen molar-refractivity contribution < 1.29 is 9.47 Å². The van der Waals surface area contributed by atoms with Gasteiger partial charge in [0.05, 0.1) is 13.2 Å². The summed E-state index contributed by atoms with van der Waals surface area (Å²) in [6.07, 6.45) is 5.37. The first-order valence-electron chi connectivity index (χ1n) is 9.67. The molecule has 0 amide bonds.